The number of methoxy groups -OCH3 is 1. The zero-order valence-electron chi connectivity index (χ0n) is 20.4. The summed E-state index contributed by atoms with van der Waals surface area (Å²) < 4.78 is 4.66. The molecule has 4 nitrogen and oxygen atoms in total. The second-order valence-electron chi connectivity index (χ2n) is 9.89. The first-order valence-corrected chi connectivity index (χ1v) is 12.2. The number of carbonyl (C=O) groups is 2. The molecule has 0 radical (unpaired) electrons. The van der Waals surface area contributed by atoms with Gasteiger partial charge in [-0.05, 0) is 43.4 Å². The molecule has 0 aromatic heterocycles. The molecular weight excluding hydrogens is 376 g/mol. The number of carboxylic acid groups (broad SMARTS) is 1. The molecule has 0 rings (SSSR count). The lowest BCUT2D eigenvalue weighted by atomic mass is 9.76. The minimum absolute atomic E-state index is 0.0154. The first-order chi connectivity index (χ1) is 14.2. The number of rotatable bonds is 18. The molecule has 176 valence electrons. The van der Waals surface area contributed by atoms with Crippen LogP contribution >= 0.6 is 0 Å². The largest absolute Gasteiger partial charge is 0.481 e. The molecule has 2 unspecified atom stereocenters. The van der Waals surface area contributed by atoms with E-state index in [9.17, 15) is 14.7 Å². The van der Waals surface area contributed by atoms with Crippen LogP contribution in [0.15, 0.2) is 12.2 Å². The fourth-order valence-corrected chi connectivity index (χ4v) is 3.93. The molecule has 0 bridgehead atoms. The van der Waals surface area contributed by atoms with Gasteiger partial charge in [0.25, 0.3) is 0 Å². The van der Waals surface area contributed by atoms with Gasteiger partial charge in [0.15, 0.2) is 0 Å². The molecule has 1 N–H and O–H groups in total. The van der Waals surface area contributed by atoms with E-state index in [1.807, 2.05) is 0 Å². The van der Waals surface area contributed by atoms with Gasteiger partial charge >= 0.3 is 11.9 Å². The Morgan fingerprint density at radius 1 is 0.933 bits per heavy atom. The molecule has 0 fully saturated rings. The SMILES string of the molecule is CCCCCCCC(/C=C/CCCCCCCC(=O)OC)C(CC(C)(C)C)C(=O)O. The van der Waals surface area contributed by atoms with Crippen LogP contribution in [0.4, 0.5) is 0 Å². The van der Waals surface area contributed by atoms with Gasteiger partial charge < -0.3 is 9.84 Å². The van der Waals surface area contributed by atoms with Crippen molar-refractivity contribution in [1.82, 2.24) is 0 Å². The first-order valence-electron chi connectivity index (χ1n) is 12.2. The Morgan fingerprint density at radius 2 is 1.53 bits per heavy atom. The standard InChI is InChI=1S/C26H48O4/c1-6-7-8-12-15-18-22(23(25(28)29)21-26(2,3)4)19-16-13-10-9-11-14-17-20-24(27)30-5/h16,19,22-23H,6-15,17-18,20-21H2,1-5H3,(H,28,29)/b19-16+. The Kier molecular flexibility index (Phi) is 16.6. The summed E-state index contributed by atoms with van der Waals surface area (Å²) in [4.78, 5) is 23.1. The highest BCUT2D eigenvalue weighted by atomic mass is 16.5. The third kappa shape index (κ3) is 16.5. The molecule has 0 saturated heterocycles. The highest BCUT2D eigenvalue weighted by Gasteiger charge is 2.30. The average molecular weight is 425 g/mol. The van der Waals surface area contributed by atoms with Crippen molar-refractivity contribution < 1.29 is 19.4 Å². The smallest absolute Gasteiger partial charge is 0.307 e. The lowest BCUT2D eigenvalue weighted by molar-refractivity contribution is -0.144. The highest BCUT2D eigenvalue weighted by Crippen LogP contribution is 2.33. The monoisotopic (exact) mass is 424 g/mol. The second-order valence-corrected chi connectivity index (χ2v) is 9.89. The second kappa shape index (κ2) is 17.4. The number of carboxylic acids is 1. The average Bonchev–Trinajstić information content (AvgIpc) is 2.68. The number of hydrogen-bond donors (Lipinski definition) is 1. The van der Waals surface area contributed by atoms with E-state index >= 15 is 0 Å². The number of esters is 1. The molecule has 30 heavy (non-hydrogen) atoms. The molecule has 0 aliphatic rings. The molecule has 2 atom stereocenters. The first kappa shape index (κ1) is 28.7. The zero-order chi connectivity index (χ0) is 22.8. The van der Waals surface area contributed by atoms with Crippen molar-refractivity contribution in [3.05, 3.63) is 12.2 Å². The molecule has 4 heteroatoms. The van der Waals surface area contributed by atoms with Gasteiger partial charge in [0.05, 0.1) is 13.0 Å². The molecule has 0 aliphatic heterocycles. The van der Waals surface area contributed by atoms with Gasteiger partial charge in [0, 0.05) is 6.42 Å². The van der Waals surface area contributed by atoms with E-state index in [2.05, 4.69) is 44.6 Å². The molecular formula is C26H48O4. The molecule has 0 aromatic carbocycles. The Morgan fingerprint density at radius 3 is 2.13 bits per heavy atom. The van der Waals surface area contributed by atoms with E-state index < -0.39 is 5.97 Å². The summed E-state index contributed by atoms with van der Waals surface area (Å²) in [7, 11) is 1.43. The molecule has 0 spiro atoms. The number of allylic oxidation sites excluding steroid dienone is 2. The Bertz CT molecular complexity index is 476. The van der Waals surface area contributed by atoms with E-state index in [4.69, 9.17) is 0 Å². The minimum Gasteiger partial charge on any atom is -0.481 e. The predicted molar refractivity (Wildman–Crippen MR) is 126 cm³/mol. The van der Waals surface area contributed by atoms with Crippen molar-refractivity contribution in [2.45, 2.75) is 118 Å². The van der Waals surface area contributed by atoms with Crippen molar-refractivity contribution in [3.8, 4) is 0 Å². The van der Waals surface area contributed by atoms with Crippen molar-refractivity contribution in [3.63, 3.8) is 0 Å². The summed E-state index contributed by atoms with van der Waals surface area (Å²) in [5.74, 6) is -0.949. The number of hydrogen-bond acceptors (Lipinski definition) is 3. The lowest BCUT2D eigenvalue weighted by Crippen LogP contribution is -2.27. The van der Waals surface area contributed by atoms with Gasteiger partial charge in [-0.15, -0.1) is 0 Å². The van der Waals surface area contributed by atoms with Crippen LogP contribution < -0.4 is 0 Å². The van der Waals surface area contributed by atoms with Crippen LogP contribution in [0.3, 0.4) is 0 Å². The number of ether oxygens (including phenoxy) is 1. The predicted octanol–water partition coefficient (Wildman–Crippen LogP) is 7.56. The maximum absolute atomic E-state index is 12.0. The third-order valence-electron chi connectivity index (χ3n) is 5.67. The molecule has 0 aliphatic carbocycles. The van der Waals surface area contributed by atoms with Crippen LogP contribution in [0.2, 0.25) is 0 Å². The Balaban J connectivity index is 4.49. The van der Waals surface area contributed by atoms with E-state index in [0.29, 0.717) is 12.8 Å². The van der Waals surface area contributed by atoms with Gasteiger partial charge in [-0.25, -0.2) is 0 Å². The van der Waals surface area contributed by atoms with Crippen LogP contribution in [0.25, 0.3) is 0 Å². The van der Waals surface area contributed by atoms with Gasteiger partial charge in [-0.2, -0.15) is 0 Å². The summed E-state index contributed by atoms with van der Waals surface area (Å²) >= 11 is 0. The minimum atomic E-state index is -0.654. The van der Waals surface area contributed by atoms with Crippen molar-refractivity contribution in [2.75, 3.05) is 7.11 Å². The van der Waals surface area contributed by atoms with Gasteiger partial charge in [-0.3, -0.25) is 9.59 Å². The third-order valence-corrected chi connectivity index (χ3v) is 5.67. The summed E-state index contributed by atoms with van der Waals surface area (Å²) in [6.07, 6.45) is 19.0. The summed E-state index contributed by atoms with van der Waals surface area (Å²) in [6, 6.07) is 0. The van der Waals surface area contributed by atoms with E-state index in [1.165, 1.54) is 32.8 Å². The Hall–Kier alpha value is -1.32. The number of carbonyl (C=O) groups excluding carboxylic acids is 1. The highest BCUT2D eigenvalue weighted by molar-refractivity contribution is 5.70. The van der Waals surface area contributed by atoms with Gasteiger partial charge in [0.1, 0.15) is 0 Å². The summed E-state index contributed by atoms with van der Waals surface area (Å²) in [5, 5.41) is 9.86. The van der Waals surface area contributed by atoms with Crippen molar-refractivity contribution >= 4 is 11.9 Å². The van der Waals surface area contributed by atoms with Crippen LogP contribution in [-0.4, -0.2) is 24.2 Å². The number of unbranched alkanes of at least 4 members (excludes halogenated alkanes) is 9. The zero-order valence-corrected chi connectivity index (χ0v) is 20.4. The maximum Gasteiger partial charge on any atom is 0.307 e. The van der Waals surface area contributed by atoms with Crippen LogP contribution in [0.5, 0.6) is 0 Å². The van der Waals surface area contributed by atoms with Crippen LogP contribution in [0.1, 0.15) is 118 Å². The normalized spacial score (nSPS) is 14.0. The molecule has 0 heterocycles. The Labute approximate surface area is 185 Å². The van der Waals surface area contributed by atoms with Gasteiger partial charge in [-0.1, -0.05) is 91.2 Å². The van der Waals surface area contributed by atoms with Crippen LogP contribution in [0, 0.1) is 17.3 Å². The van der Waals surface area contributed by atoms with Crippen LogP contribution in [-0.2, 0) is 14.3 Å². The summed E-state index contributed by atoms with van der Waals surface area (Å²) in [5.41, 5.74) is 0.0154. The molecule has 0 saturated carbocycles. The maximum atomic E-state index is 12.0. The topological polar surface area (TPSA) is 63.6 Å². The quantitative estimate of drug-likeness (QED) is 0.140. The van der Waals surface area contributed by atoms with E-state index in [1.54, 1.807) is 0 Å². The van der Waals surface area contributed by atoms with Crippen molar-refractivity contribution in [2.24, 2.45) is 17.3 Å². The molecule has 0 amide bonds. The van der Waals surface area contributed by atoms with Gasteiger partial charge in [0.2, 0.25) is 0 Å². The number of aliphatic carboxylic acids is 1. The summed E-state index contributed by atoms with van der Waals surface area (Å²) in [6.45, 7) is 8.61. The van der Waals surface area contributed by atoms with E-state index in [0.717, 1.165) is 51.4 Å². The van der Waals surface area contributed by atoms with E-state index in [-0.39, 0.29) is 23.2 Å². The fourth-order valence-electron chi connectivity index (χ4n) is 3.93. The fraction of sp³-hybridized carbons (Fsp3) is 0.846. The van der Waals surface area contributed by atoms with Crippen molar-refractivity contribution in [1.29, 1.82) is 0 Å². The molecule has 0 aromatic rings. The lowest BCUT2D eigenvalue weighted by Gasteiger charge is -2.28.